The fourth-order valence-corrected chi connectivity index (χ4v) is 4.22. The lowest BCUT2D eigenvalue weighted by molar-refractivity contribution is 0.112. The Balaban J connectivity index is 1.60. The van der Waals surface area contributed by atoms with Crippen LogP contribution in [0.1, 0.15) is 15.9 Å². The molecule has 2 aromatic heterocycles. The van der Waals surface area contributed by atoms with Gasteiger partial charge in [0.15, 0.2) is 0 Å². The van der Waals surface area contributed by atoms with E-state index >= 15 is 0 Å². The molecular weight excluding hydrogens is 397 g/mol. The number of carbonyl (C=O) groups excluding carboxylic acids is 1. The average molecular weight is 413 g/mol. The van der Waals surface area contributed by atoms with E-state index in [4.69, 9.17) is 0 Å². The maximum atomic E-state index is 14.7. The molecule has 6 heteroatoms. The molecule has 0 fully saturated rings. The normalized spacial score (nSPS) is 11.1. The molecule has 3 aromatic carbocycles. The van der Waals surface area contributed by atoms with Crippen molar-refractivity contribution in [3.05, 3.63) is 83.2 Å². The number of carbonyl (C=O) groups is 1. The first-order valence-corrected chi connectivity index (χ1v) is 10.2. The smallest absolute Gasteiger partial charge is 0.150 e. The number of rotatable bonds is 4. The van der Waals surface area contributed by atoms with Gasteiger partial charge in [0.2, 0.25) is 0 Å². The Kier molecular flexibility index (Phi) is 4.48. The van der Waals surface area contributed by atoms with Crippen LogP contribution in [0.15, 0.2) is 66.3 Å². The molecule has 2 heterocycles. The van der Waals surface area contributed by atoms with Crippen LogP contribution in [-0.4, -0.2) is 16.3 Å². The van der Waals surface area contributed by atoms with Crippen LogP contribution < -0.4 is 5.32 Å². The van der Waals surface area contributed by atoms with Gasteiger partial charge in [0.05, 0.1) is 21.2 Å². The van der Waals surface area contributed by atoms with Crippen LogP contribution in [0.4, 0.5) is 15.8 Å². The summed E-state index contributed by atoms with van der Waals surface area (Å²) in [4.78, 5) is 19.9. The zero-order valence-corrected chi connectivity index (χ0v) is 16.8. The van der Waals surface area contributed by atoms with Crippen molar-refractivity contribution in [2.24, 2.45) is 0 Å². The van der Waals surface area contributed by atoms with Gasteiger partial charge in [0, 0.05) is 34.1 Å². The standard InChI is InChI=1S/C24H16FN3OS/c1-14-8-18(20(25)10-16(14)12-29)15-2-4-21-19(9-15)22(6-7-26-21)28-17-3-5-24-23(11-17)27-13-30-24/h2-13H,1H3,(H,26,28). The highest BCUT2D eigenvalue weighted by atomic mass is 32.1. The third-order valence-electron chi connectivity index (χ3n) is 5.14. The van der Waals surface area contributed by atoms with Crippen molar-refractivity contribution in [3.63, 3.8) is 0 Å². The largest absolute Gasteiger partial charge is 0.355 e. The Morgan fingerprint density at radius 2 is 1.90 bits per heavy atom. The van der Waals surface area contributed by atoms with Gasteiger partial charge in [0.1, 0.15) is 12.1 Å². The molecule has 30 heavy (non-hydrogen) atoms. The molecule has 0 aliphatic rings. The minimum Gasteiger partial charge on any atom is -0.355 e. The van der Waals surface area contributed by atoms with Gasteiger partial charge in [-0.3, -0.25) is 9.78 Å². The van der Waals surface area contributed by atoms with Crippen molar-refractivity contribution in [1.82, 2.24) is 9.97 Å². The fourth-order valence-electron chi connectivity index (χ4n) is 3.56. The molecular formula is C24H16FN3OS. The number of nitrogens with one attached hydrogen (secondary N) is 1. The Bertz CT molecular complexity index is 1430. The molecule has 4 nitrogen and oxygen atoms in total. The number of nitrogens with zero attached hydrogens (tertiary/aromatic N) is 2. The van der Waals surface area contributed by atoms with Crippen molar-refractivity contribution < 1.29 is 9.18 Å². The lowest BCUT2D eigenvalue weighted by Crippen LogP contribution is -1.95. The Morgan fingerprint density at radius 1 is 1.00 bits per heavy atom. The molecule has 146 valence electrons. The molecule has 0 bridgehead atoms. The molecule has 0 unspecified atom stereocenters. The number of halogens is 1. The van der Waals surface area contributed by atoms with Crippen LogP contribution in [0.2, 0.25) is 0 Å². The highest BCUT2D eigenvalue weighted by molar-refractivity contribution is 7.16. The van der Waals surface area contributed by atoms with Gasteiger partial charge in [-0.15, -0.1) is 11.3 Å². The molecule has 5 aromatic rings. The SMILES string of the molecule is Cc1cc(-c2ccc3nccc(Nc4ccc5scnc5c4)c3c2)c(F)cc1C=O. The molecule has 0 radical (unpaired) electrons. The third-order valence-corrected chi connectivity index (χ3v) is 5.95. The topological polar surface area (TPSA) is 54.9 Å². The first-order chi connectivity index (χ1) is 14.6. The number of pyridine rings is 1. The van der Waals surface area contributed by atoms with E-state index in [-0.39, 0.29) is 0 Å². The fraction of sp³-hybridized carbons (Fsp3) is 0.0417. The van der Waals surface area contributed by atoms with E-state index in [0.29, 0.717) is 17.4 Å². The highest BCUT2D eigenvalue weighted by Gasteiger charge is 2.12. The molecule has 0 spiro atoms. The summed E-state index contributed by atoms with van der Waals surface area (Å²) in [6, 6.07) is 16.6. The van der Waals surface area contributed by atoms with Crippen LogP contribution in [0.5, 0.6) is 0 Å². The Labute approximate surface area is 176 Å². The zero-order chi connectivity index (χ0) is 20.7. The maximum absolute atomic E-state index is 14.7. The number of aryl methyl sites for hydroxylation is 1. The molecule has 0 aliphatic heterocycles. The summed E-state index contributed by atoms with van der Waals surface area (Å²) >= 11 is 1.60. The predicted octanol–water partition coefficient (Wildman–Crippen LogP) is 6.52. The summed E-state index contributed by atoms with van der Waals surface area (Å²) in [6.07, 6.45) is 2.42. The van der Waals surface area contributed by atoms with Crippen LogP contribution in [0.3, 0.4) is 0 Å². The van der Waals surface area contributed by atoms with Gasteiger partial charge in [-0.2, -0.15) is 0 Å². The quantitative estimate of drug-likeness (QED) is 0.341. The number of fused-ring (bicyclic) bond motifs is 2. The predicted molar refractivity (Wildman–Crippen MR) is 120 cm³/mol. The summed E-state index contributed by atoms with van der Waals surface area (Å²) in [5, 5.41) is 4.32. The minimum absolute atomic E-state index is 0.360. The van der Waals surface area contributed by atoms with E-state index in [2.05, 4.69) is 15.3 Å². The molecule has 0 atom stereocenters. The van der Waals surface area contributed by atoms with E-state index in [1.54, 1.807) is 30.5 Å². The van der Waals surface area contributed by atoms with Crippen molar-refractivity contribution >= 4 is 50.1 Å². The van der Waals surface area contributed by atoms with Crippen molar-refractivity contribution in [2.75, 3.05) is 5.32 Å². The molecule has 0 amide bonds. The summed E-state index contributed by atoms with van der Waals surface area (Å²) in [6.45, 7) is 1.80. The first-order valence-electron chi connectivity index (χ1n) is 9.37. The second-order valence-electron chi connectivity index (χ2n) is 7.06. The van der Waals surface area contributed by atoms with Crippen LogP contribution in [0, 0.1) is 12.7 Å². The van der Waals surface area contributed by atoms with E-state index in [0.717, 1.165) is 43.6 Å². The van der Waals surface area contributed by atoms with Gasteiger partial charge in [0.25, 0.3) is 0 Å². The lowest BCUT2D eigenvalue weighted by Gasteiger charge is -2.12. The number of benzene rings is 3. The second kappa shape index (κ2) is 7.31. The van der Waals surface area contributed by atoms with Crippen LogP contribution >= 0.6 is 11.3 Å². The second-order valence-corrected chi connectivity index (χ2v) is 7.94. The Hall–Kier alpha value is -3.64. The van der Waals surface area contributed by atoms with E-state index in [1.165, 1.54) is 6.07 Å². The van der Waals surface area contributed by atoms with Gasteiger partial charge < -0.3 is 5.32 Å². The summed E-state index contributed by atoms with van der Waals surface area (Å²) in [5.41, 5.74) is 7.65. The lowest BCUT2D eigenvalue weighted by atomic mass is 9.98. The van der Waals surface area contributed by atoms with E-state index in [9.17, 15) is 9.18 Å². The number of thiazole rings is 1. The first kappa shape index (κ1) is 18.4. The van der Waals surface area contributed by atoms with Crippen molar-refractivity contribution in [3.8, 4) is 11.1 Å². The van der Waals surface area contributed by atoms with Gasteiger partial charge in [-0.25, -0.2) is 9.37 Å². The summed E-state index contributed by atoms with van der Waals surface area (Å²) < 4.78 is 15.8. The molecule has 0 aliphatic carbocycles. The van der Waals surface area contributed by atoms with Crippen molar-refractivity contribution in [1.29, 1.82) is 0 Å². The van der Waals surface area contributed by atoms with Gasteiger partial charge in [-0.05, 0) is 66.6 Å². The summed E-state index contributed by atoms with van der Waals surface area (Å²) in [7, 11) is 0. The number of hydrogen-bond acceptors (Lipinski definition) is 5. The number of aromatic nitrogens is 2. The van der Waals surface area contributed by atoms with Gasteiger partial charge >= 0.3 is 0 Å². The van der Waals surface area contributed by atoms with Crippen molar-refractivity contribution in [2.45, 2.75) is 6.92 Å². The summed E-state index contributed by atoms with van der Waals surface area (Å²) in [5.74, 6) is -0.422. The molecule has 0 saturated carbocycles. The van der Waals surface area contributed by atoms with E-state index in [1.807, 2.05) is 48.0 Å². The number of hydrogen-bond donors (Lipinski definition) is 1. The van der Waals surface area contributed by atoms with Crippen LogP contribution in [0.25, 0.3) is 32.2 Å². The Morgan fingerprint density at radius 3 is 2.77 bits per heavy atom. The number of aldehydes is 1. The highest BCUT2D eigenvalue weighted by Crippen LogP contribution is 2.32. The third kappa shape index (κ3) is 3.21. The number of anilines is 2. The monoisotopic (exact) mass is 413 g/mol. The van der Waals surface area contributed by atoms with Gasteiger partial charge in [-0.1, -0.05) is 6.07 Å². The molecule has 5 rings (SSSR count). The minimum atomic E-state index is -0.422. The molecule has 1 N–H and O–H groups in total. The maximum Gasteiger partial charge on any atom is 0.150 e. The zero-order valence-electron chi connectivity index (χ0n) is 16.0. The van der Waals surface area contributed by atoms with E-state index < -0.39 is 5.82 Å². The molecule has 0 saturated heterocycles. The average Bonchev–Trinajstić information content (AvgIpc) is 3.23. The van der Waals surface area contributed by atoms with Crippen LogP contribution in [-0.2, 0) is 0 Å².